The molecular formula is C15H17F3N4O. The summed E-state index contributed by atoms with van der Waals surface area (Å²) in [5.74, 6) is -3.45. The van der Waals surface area contributed by atoms with Crippen LogP contribution in [0.25, 0.3) is 0 Å². The van der Waals surface area contributed by atoms with Crippen molar-refractivity contribution in [3.05, 3.63) is 51.5 Å². The number of likely N-dealkylation sites (tertiary alicyclic amines) is 1. The molecule has 0 amide bonds. The summed E-state index contributed by atoms with van der Waals surface area (Å²) in [4.78, 5) is 15.8. The lowest BCUT2D eigenvalue weighted by Gasteiger charge is -2.35. The molecule has 0 radical (unpaired) electrons. The topological polar surface area (TPSA) is 64.8 Å². The third-order valence-electron chi connectivity index (χ3n) is 4.65. The van der Waals surface area contributed by atoms with Crippen LogP contribution in [-0.2, 0) is 6.54 Å². The van der Waals surface area contributed by atoms with Gasteiger partial charge in [0.25, 0.3) is 0 Å². The predicted molar refractivity (Wildman–Crippen MR) is 77.4 cm³/mol. The van der Waals surface area contributed by atoms with Gasteiger partial charge < -0.3 is 0 Å². The maximum atomic E-state index is 13.5. The Morgan fingerprint density at radius 1 is 1.30 bits per heavy atom. The van der Waals surface area contributed by atoms with Gasteiger partial charge in [-0.1, -0.05) is 0 Å². The number of H-pyrrole nitrogens is 2. The van der Waals surface area contributed by atoms with Gasteiger partial charge in [-0.3, -0.25) is 9.88 Å². The van der Waals surface area contributed by atoms with Crippen molar-refractivity contribution in [2.75, 3.05) is 6.54 Å². The van der Waals surface area contributed by atoms with Crippen molar-refractivity contribution in [2.24, 2.45) is 0 Å². The van der Waals surface area contributed by atoms with E-state index in [0.717, 1.165) is 12.1 Å². The van der Waals surface area contributed by atoms with E-state index in [0.29, 0.717) is 30.9 Å². The number of rotatable bonds is 3. The summed E-state index contributed by atoms with van der Waals surface area (Å²) >= 11 is 0. The second kappa shape index (κ2) is 5.52. The van der Waals surface area contributed by atoms with Gasteiger partial charge in [-0.05, 0) is 44.5 Å². The number of halogens is 3. The molecule has 2 heterocycles. The zero-order valence-corrected chi connectivity index (χ0v) is 12.8. The van der Waals surface area contributed by atoms with Crippen LogP contribution in [0, 0.1) is 17.5 Å². The van der Waals surface area contributed by atoms with Crippen LogP contribution in [0.3, 0.4) is 0 Å². The summed E-state index contributed by atoms with van der Waals surface area (Å²) in [5.41, 5.74) is -0.368. The monoisotopic (exact) mass is 326 g/mol. The van der Waals surface area contributed by atoms with Crippen LogP contribution in [-0.4, -0.2) is 32.2 Å². The van der Waals surface area contributed by atoms with Crippen LogP contribution in [0.2, 0.25) is 0 Å². The summed E-state index contributed by atoms with van der Waals surface area (Å²) in [5, 5.41) is 6.18. The molecule has 1 saturated heterocycles. The molecule has 0 saturated carbocycles. The lowest BCUT2D eigenvalue weighted by molar-refractivity contribution is 0.149. The molecule has 1 atom stereocenters. The molecule has 0 spiro atoms. The Bertz CT molecular complexity index is 760. The van der Waals surface area contributed by atoms with Crippen molar-refractivity contribution in [3.63, 3.8) is 0 Å². The molecule has 23 heavy (non-hydrogen) atoms. The Morgan fingerprint density at radius 3 is 2.52 bits per heavy atom. The van der Waals surface area contributed by atoms with E-state index in [1.807, 2.05) is 13.8 Å². The molecule has 1 aromatic carbocycles. The summed E-state index contributed by atoms with van der Waals surface area (Å²) in [6, 6.07) is 2.12. The molecule has 1 aliphatic heterocycles. The second-order valence-corrected chi connectivity index (χ2v) is 6.34. The molecule has 2 N–H and O–H groups in total. The number of nitrogens with zero attached hydrogens (tertiary/aromatic N) is 2. The SMILES string of the molecule is CC1(C)C(c2cc(F)c(F)c(F)c2)CCN1Cc1n[nH]c(=O)[nH]1. The van der Waals surface area contributed by atoms with E-state index in [1.54, 1.807) is 0 Å². The highest BCUT2D eigenvalue weighted by Crippen LogP contribution is 2.42. The lowest BCUT2D eigenvalue weighted by atomic mass is 9.82. The van der Waals surface area contributed by atoms with Gasteiger partial charge in [0.15, 0.2) is 17.5 Å². The van der Waals surface area contributed by atoms with Gasteiger partial charge in [0.2, 0.25) is 0 Å². The Hall–Kier alpha value is -2.09. The Morgan fingerprint density at radius 2 is 1.96 bits per heavy atom. The van der Waals surface area contributed by atoms with Crippen molar-refractivity contribution >= 4 is 0 Å². The molecule has 8 heteroatoms. The molecule has 3 rings (SSSR count). The van der Waals surface area contributed by atoms with E-state index in [2.05, 4.69) is 20.1 Å². The zero-order valence-electron chi connectivity index (χ0n) is 12.8. The maximum absolute atomic E-state index is 13.5. The number of aromatic nitrogens is 3. The van der Waals surface area contributed by atoms with E-state index < -0.39 is 23.0 Å². The molecule has 1 unspecified atom stereocenters. The molecule has 124 valence electrons. The van der Waals surface area contributed by atoms with Crippen molar-refractivity contribution in [2.45, 2.75) is 38.3 Å². The van der Waals surface area contributed by atoms with Crippen LogP contribution in [0.4, 0.5) is 13.2 Å². The van der Waals surface area contributed by atoms with E-state index in [-0.39, 0.29) is 11.6 Å². The first-order valence-electron chi connectivity index (χ1n) is 7.32. The Kier molecular flexibility index (Phi) is 3.79. The largest absolute Gasteiger partial charge is 0.340 e. The fraction of sp³-hybridized carbons (Fsp3) is 0.467. The second-order valence-electron chi connectivity index (χ2n) is 6.34. The Balaban J connectivity index is 1.86. The maximum Gasteiger partial charge on any atom is 0.340 e. The first-order chi connectivity index (χ1) is 10.8. The molecule has 2 aromatic rings. The smallest absolute Gasteiger partial charge is 0.292 e. The quantitative estimate of drug-likeness (QED) is 0.851. The first kappa shape index (κ1) is 15.8. The number of aromatic amines is 2. The van der Waals surface area contributed by atoms with Gasteiger partial charge in [0.05, 0.1) is 6.54 Å². The van der Waals surface area contributed by atoms with Crippen LogP contribution in [0.5, 0.6) is 0 Å². The van der Waals surface area contributed by atoms with Crippen molar-refractivity contribution in [1.82, 2.24) is 20.1 Å². The van der Waals surface area contributed by atoms with Gasteiger partial charge in [-0.15, -0.1) is 0 Å². The zero-order chi connectivity index (χ0) is 16.8. The standard InChI is InChI=1S/C15H17F3N4O/c1-15(2)9(8-5-10(16)13(18)11(17)6-8)3-4-22(15)7-12-19-14(23)21-20-12/h5-6,9H,3-4,7H2,1-2H3,(H2,19,20,21,23). The minimum atomic E-state index is -1.45. The van der Waals surface area contributed by atoms with Crippen LogP contribution in [0.1, 0.15) is 37.6 Å². The fourth-order valence-electron chi connectivity index (χ4n) is 3.34. The number of hydrogen-bond donors (Lipinski definition) is 2. The third-order valence-corrected chi connectivity index (χ3v) is 4.65. The van der Waals surface area contributed by atoms with Crippen molar-refractivity contribution < 1.29 is 13.2 Å². The summed E-state index contributed by atoms with van der Waals surface area (Å²) in [6.07, 6.45) is 0.673. The number of hydrogen-bond acceptors (Lipinski definition) is 3. The summed E-state index contributed by atoms with van der Waals surface area (Å²) in [6.45, 7) is 4.99. The third kappa shape index (κ3) is 2.78. The average Bonchev–Trinajstić information content (AvgIpc) is 3.00. The van der Waals surface area contributed by atoms with Gasteiger partial charge in [0, 0.05) is 11.5 Å². The molecule has 0 aliphatic carbocycles. The minimum Gasteiger partial charge on any atom is -0.292 e. The molecule has 1 aliphatic rings. The van der Waals surface area contributed by atoms with Crippen molar-refractivity contribution in [3.8, 4) is 0 Å². The molecule has 5 nitrogen and oxygen atoms in total. The van der Waals surface area contributed by atoms with Gasteiger partial charge in [-0.2, -0.15) is 5.10 Å². The van der Waals surface area contributed by atoms with Crippen LogP contribution >= 0.6 is 0 Å². The summed E-state index contributed by atoms with van der Waals surface area (Å²) in [7, 11) is 0. The van der Waals surface area contributed by atoms with Crippen molar-refractivity contribution in [1.29, 1.82) is 0 Å². The van der Waals surface area contributed by atoms with Gasteiger partial charge >= 0.3 is 5.69 Å². The first-order valence-corrected chi connectivity index (χ1v) is 7.32. The van der Waals surface area contributed by atoms with Gasteiger partial charge in [0.1, 0.15) is 5.82 Å². The van der Waals surface area contributed by atoms with E-state index >= 15 is 0 Å². The normalized spacial score (nSPS) is 21.0. The average molecular weight is 326 g/mol. The lowest BCUT2D eigenvalue weighted by Crippen LogP contribution is -2.41. The molecule has 0 bridgehead atoms. The highest BCUT2D eigenvalue weighted by atomic mass is 19.2. The minimum absolute atomic E-state index is 0.155. The summed E-state index contributed by atoms with van der Waals surface area (Å²) < 4.78 is 40.2. The van der Waals surface area contributed by atoms with E-state index in [9.17, 15) is 18.0 Å². The number of benzene rings is 1. The molecule has 1 aromatic heterocycles. The molecule has 1 fully saturated rings. The predicted octanol–water partition coefficient (Wildman–Crippen LogP) is 2.28. The van der Waals surface area contributed by atoms with E-state index in [1.165, 1.54) is 0 Å². The Labute approximate surface area is 130 Å². The fourth-order valence-corrected chi connectivity index (χ4v) is 3.34. The highest BCUT2D eigenvalue weighted by Gasteiger charge is 2.42. The highest BCUT2D eigenvalue weighted by molar-refractivity contribution is 5.28. The van der Waals surface area contributed by atoms with Crippen LogP contribution in [0.15, 0.2) is 16.9 Å². The molecular weight excluding hydrogens is 309 g/mol. The van der Waals surface area contributed by atoms with Crippen LogP contribution < -0.4 is 5.69 Å². The number of nitrogens with one attached hydrogen (secondary N) is 2. The van der Waals surface area contributed by atoms with Gasteiger partial charge in [-0.25, -0.2) is 23.1 Å². The van der Waals surface area contributed by atoms with E-state index in [4.69, 9.17) is 0 Å².